The molecule has 0 radical (unpaired) electrons. The molecule has 0 saturated heterocycles. The molecular formula is C25H31FO4. The minimum absolute atomic E-state index is 0. The number of aliphatic hydroxyl groups is 1. The number of aliphatic hydroxyl groups excluding tert-OH is 1. The highest BCUT2D eigenvalue weighted by Gasteiger charge is 2.37. The zero-order chi connectivity index (χ0) is 21.6. The molecule has 2 N–H and O–H groups in total. The fourth-order valence-corrected chi connectivity index (χ4v) is 4.07. The average Bonchev–Trinajstić information content (AvgIpc) is 2.66. The zero-order valence-electron chi connectivity index (χ0n) is 17.3. The molecule has 1 atom stereocenters. The summed E-state index contributed by atoms with van der Waals surface area (Å²) in [7, 11) is 0. The Hall–Kier alpha value is -2.53. The second-order valence-corrected chi connectivity index (χ2v) is 9.23. The van der Waals surface area contributed by atoms with Gasteiger partial charge in [-0.3, -0.25) is 4.79 Å². The molecule has 1 aliphatic rings. The third kappa shape index (κ3) is 4.46. The fourth-order valence-electron chi connectivity index (χ4n) is 4.07. The van der Waals surface area contributed by atoms with E-state index in [0.29, 0.717) is 5.56 Å². The van der Waals surface area contributed by atoms with Crippen LogP contribution in [-0.2, 0) is 22.0 Å². The molecule has 0 aliphatic heterocycles. The fraction of sp³-hybridized carbons (Fsp3) is 0.440. The highest BCUT2D eigenvalue weighted by molar-refractivity contribution is 5.89. The van der Waals surface area contributed by atoms with Gasteiger partial charge in [0.2, 0.25) is 0 Å². The van der Waals surface area contributed by atoms with E-state index in [1.165, 1.54) is 17.7 Å². The number of fused-ring (bicyclic) bond motifs is 1. The van der Waals surface area contributed by atoms with Crippen LogP contribution in [0.1, 0.15) is 86.7 Å². The van der Waals surface area contributed by atoms with Crippen molar-refractivity contribution >= 4 is 11.8 Å². The van der Waals surface area contributed by atoms with E-state index in [9.17, 15) is 19.1 Å². The molecule has 1 aliphatic carbocycles. The highest BCUT2D eigenvalue weighted by Crippen LogP contribution is 2.46. The van der Waals surface area contributed by atoms with Crippen molar-refractivity contribution in [1.29, 1.82) is 0 Å². The number of carboxylic acids is 1. The highest BCUT2D eigenvalue weighted by atomic mass is 19.1. The van der Waals surface area contributed by atoms with E-state index < -0.39 is 23.7 Å². The van der Waals surface area contributed by atoms with Gasteiger partial charge < -0.3 is 10.2 Å². The smallest absolute Gasteiger partial charge is 0.335 e. The number of ketones is 1. The van der Waals surface area contributed by atoms with E-state index in [2.05, 4.69) is 27.7 Å². The number of benzene rings is 2. The molecule has 0 fully saturated rings. The number of hydrogen-bond donors (Lipinski definition) is 2. The molecular weight excluding hydrogens is 383 g/mol. The minimum Gasteiger partial charge on any atom is -0.478 e. The van der Waals surface area contributed by atoms with E-state index in [1.807, 2.05) is 12.1 Å². The Bertz CT molecular complexity index is 975. The van der Waals surface area contributed by atoms with Crippen molar-refractivity contribution in [2.75, 3.05) is 0 Å². The van der Waals surface area contributed by atoms with Crippen molar-refractivity contribution < 1.29 is 24.2 Å². The van der Waals surface area contributed by atoms with Crippen LogP contribution in [0.25, 0.3) is 0 Å². The van der Waals surface area contributed by atoms with Crippen LogP contribution in [-0.4, -0.2) is 22.0 Å². The van der Waals surface area contributed by atoms with E-state index in [-0.39, 0.29) is 35.8 Å². The lowest BCUT2D eigenvalue weighted by Gasteiger charge is -2.42. The van der Waals surface area contributed by atoms with Crippen LogP contribution in [0.15, 0.2) is 36.4 Å². The van der Waals surface area contributed by atoms with Crippen LogP contribution >= 0.6 is 0 Å². The number of rotatable bonds is 5. The van der Waals surface area contributed by atoms with Crippen LogP contribution in [0.3, 0.4) is 0 Å². The van der Waals surface area contributed by atoms with Crippen molar-refractivity contribution in [2.24, 2.45) is 0 Å². The largest absolute Gasteiger partial charge is 0.478 e. The molecule has 0 spiro atoms. The van der Waals surface area contributed by atoms with Gasteiger partial charge in [-0.25, -0.2) is 9.18 Å². The Kier molecular flexibility index (Phi) is 6.57. The van der Waals surface area contributed by atoms with Crippen molar-refractivity contribution in [3.8, 4) is 0 Å². The summed E-state index contributed by atoms with van der Waals surface area (Å²) in [6.45, 7) is 8.73. The predicted octanol–water partition coefficient (Wildman–Crippen LogP) is 5.35. The minimum atomic E-state index is -1.36. The number of Topliss-reactive ketones (excluding diaryl/α,β-unsaturated/α-hetero) is 1. The van der Waals surface area contributed by atoms with Gasteiger partial charge in [-0.15, -0.1) is 0 Å². The maximum atomic E-state index is 14.2. The molecule has 5 heteroatoms. The number of halogens is 1. The first-order chi connectivity index (χ1) is 13.4. The summed E-state index contributed by atoms with van der Waals surface area (Å²) in [5, 5.41) is 19.5. The van der Waals surface area contributed by atoms with E-state index in [1.54, 1.807) is 6.07 Å². The van der Waals surface area contributed by atoms with Crippen molar-refractivity contribution in [3.05, 3.63) is 70.0 Å². The topological polar surface area (TPSA) is 74.6 Å². The first-order valence-electron chi connectivity index (χ1n) is 9.80. The molecule has 0 amide bonds. The third-order valence-corrected chi connectivity index (χ3v) is 6.16. The molecule has 2 aromatic carbocycles. The summed E-state index contributed by atoms with van der Waals surface area (Å²) in [6.07, 6.45) is 0.416. The Labute approximate surface area is 177 Å². The molecule has 30 heavy (non-hydrogen) atoms. The number of hydrogen-bond acceptors (Lipinski definition) is 3. The van der Waals surface area contributed by atoms with Crippen molar-refractivity contribution in [2.45, 2.75) is 71.3 Å². The molecule has 0 bridgehead atoms. The molecule has 0 heterocycles. The molecule has 3 rings (SSSR count). The average molecular weight is 415 g/mol. The second kappa shape index (κ2) is 8.31. The Balaban J connectivity index is 0.00000320. The van der Waals surface area contributed by atoms with Gasteiger partial charge in [0.05, 0.1) is 5.56 Å². The van der Waals surface area contributed by atoms with Crippen LogP contribution in [0.5, 0.6) is 0 Å². The van der Waals surface area contributed by atoms with Gasteiger partial charge in [-0.05, 0) is 58.1 Å². The van der Waals surface area contributed by atoms with Crippen LogP contribution in [0, 0.1) is 5.82 Å². The maximum absolute atomic E-state index is 14.2. The van der Waals surface area contributed by atoms with Crippen LogP contribution in [0.2, 0.25) is 0 Å². The molecule has 1 unspecified atom stereocenters. The lowest BCUT2D eigenvalue weighted by molar-refractivity contribution is -0.126. The lowest BCUT2D eigenvalue weighted by atomic mass is 9.63. The molecule has 0 aromatic heterocycles. The molecule has 0 saturated carbocycles. The molecule has 4 nitrogen and oxygen atoms in total. The summed E-state index contributed by atoms with van der Waals surface area (Å²) in [4.78, 5) is 23.5. The maximum Gasteiger partial charge on any atom is 0.335 e. The molecule has 2 aromatic rings. The quantitative estimate of drug-likeness (QED) is 0.691. The predicted molar refractivity (Wildman–Crippen MR) is 115 cm³/mol. The number of carbonyl (C=O) groups is 2. The Morgan fingerprint density at radius 1 is 1.00 bits per heavy atom. The van der Waals surface area contributed by atoms with Crippen LogP contribution in [0.4, 0.5) is 4.39 Å². The summed E-state index contributed by atoms with van der Waals surface area (Å²) in [6, 6.07) is 9.09. The monoisotopic (exact) mass is 414 g/mol. The SMILES string of the molecule is C.CC1(C)CCC(C)(C)c2cc(C(O)C(=O)Cc3ccc(C(=O)O)cc3F)ccc21. The van der Waals surface area contributed by atoms with E-state index in [0.717, 1.165) is 24.5 Å². The standard InChI is InChI=1S/C24H27FO4.CH4/c1-23(2)9-10-24(3,4)18-11-15(7-8-17(18)23)21(27)20(26)13-14-5-6-16(22(28)29)12-19(14)25;/h5-8,11-12,21,27H,9-10,13H2,1-4H3,(H,28,29);1H4. The van der Waals surface area contributed by atoms with E-state index in [4.69, 9.17) is 5.11 Å². The van der Waals surface area contributed by atoms with Crippen molar-refractivity contribution in [1.82, 2.24) is 0 Å². The van der Waals surface area contributed by atoms with Gasteiger partial charge in [0.15, 0.2) is 5.78 Å². The van der Waals surface area contributed by atoms with Gasteiger partial charge in [-0.2, -0.15) is 0 Å². The first kappa shape index (κ1) is 23.7. The summed E-state index contributed by atoms with van der Waals surface area (Å²) in [5.41, 5.74) is 2.73. The van der Waals surface area contributed by atoms with Crippen molar-refractivity contribution in [3.63, 3.8) is 0 Å². The zero-order valence-corrected chi connectivity index (χ0v) is 17.3. The van der Waals surface area contributed by atoms with Gasteiger partial charge in [0, 0.05) is 6.42 Å². The third-order valence-electron chi connectivity index (χ3n) is 6.16. The van der Waals surface area contributed by atoms with Gasteiger partial charge >= 0.3 is 5.97 Å². The molecule has 162 valence electrons. The summed E-state index contributed by atoms with van der Waals surface area (Å²) < 4.78 is 14.2. The van der Waals surface area contributed by atoms with Gasteiger partial charge in [-0.1, -0.05) is 59.4 Å². The van der Waals surface area contributed by atoms with Gasteiger partial charge in [0.1, 0.15) is 11.9 Å². The number of carbonyl (C=O) groups excluding carboxylic acids is 1. The number of carboxylic acid groups (broad SMARTS) is 1. The van der Waals surface area contributed by atoms with Gasteiger partial charge in [0.25, 0.3) is 0 Å². The summed E-state index contributed by atoms with van der Waals surface area (Å²) in [5.74, 6) is -2.53. The summed E-state index contributed by atoms with van der Waals surface area (Å²) >= 11 is 0. The normalized spacial score (nSPS) is 17.4. The lowest BCUT2D eigenvalue weighted by Crippen LogP contribution is -2.34. The Morgan fingerprint density at radius 2 is 1.60 bits per heavy atom. The Morgan fingerprint density at radius 3 is 2.17 bits per heavy atom. The number of aromatic carboxylic acids is 1. The van der Waals surface area contributed by atoms with E-state index >= 15 is 0 Å². The van der Waals surface area contributed by atoms with Crippen LogP contribution < -0.4 is 0 Å². The second-order valence-electron chi connectivity index (χ2n) is 9.23. The first-order valence-corrected chi connectivity index (χ1v) is 9.80.